The zero-order chi connectivity index (χ0) is 18.0. The number of benzene rings is 1. The van der Waals surface area contributed by atoms with Gasteiger partial charge in [-0.3, -0.25) is 4.79 Å². The van der Waals surface area contributed by atoms with Gasteiger partial charge in [0.1, 0.15) is 0 Å². The van der Waals surface area contributed by atoms with E-state index in [0.29, 0.717) is 50.0 Å². The molecule has 3 rings (SSSR count). The maximum absolute atomic E-state index is 13.0. The van der Waals surface area contributed by atoms with Crippen LogP contribution < -0.4 is 5.73 Å². The quantitative estimate of drug-likeness (QED) is 0.830. The number of amides is 1. The standard InChI is InChI=1S/C18H27N3O3S.ClH/c1-14(22)20-8-6-16-2-3-18(12-17(16)7-9-20)25(23,24)21-10-4-15(13-19)5-11-21;/h2-3,12,15H,4-11,13,19H2,1H3;1H. The summed E-state index contributed by atoms with van der Waals surface area (Å²) in [6.07, 6.45) is 3.13. The van der Waals surface area contributed by atoms with Crippen LogP contribution in [0.1, 0.15) is 30.9 Å². The average Bonchev–Trinajstić information content (AvgIpc) is 2.83. The minimum absolute atomic E-state index is 0. The van der Waals surface area contributed by atoms with E-state index >= 15 is 0 Å². The van der Waals surface area contributed by atoms with E-state index in [9.17, 15) is 13.2 Å². The van der Waals surface area contributed by atoms with Gasteiger partial charge < -0.3 is 10.6 Å². The third-order valence-corrected chi connectivity index (χ3v) is 7.36. The van der Waals surface area contributed by atoms with Gasteiger partial charge in [-0.05, 0) is 61.4 Å². The second kappa shape index (κ2) is 8.69. The number of nitrogens with two attached hydrogens (primary N) is 1. The molecule has 0 radical (unpaired) electrons. The molecule has 146 valence electrons. The van der Waals surface area contributed by atoms with Crippen molar-refractivity contribution in [1.29, 1.82) is 0 Å². The largest absolute Gasteiger partial charge is 0.342 e. The van der Waals surface area contributed by atoms with Crippen LogP contribution in [0.25, 0.3) is 0 Å². The number of carbonyl (C=O) groups is 1. The Bertz CT molecular complexity index is 746. The van der Waals surface area contributed by atoms with Gasteiger partial charge in [0.15, 0.2) is 0 Å². The molecule has 0 aromatic heterocycles. The lowest BCUT2D eigenvalue weighted by atomic mass is 9.99. The zero-order valence-corrected chi connectivity index (χ0v) is 16.8. The van der Waals surface area contributed by atoms with Crippen LogP contribution >= 0.6 is 12.4 Å². The first-order chi connectivity index (χ1) is 11.9. The van der Waals surface area contributed by atoms with E-state index < -0.39 is 10.0 Å². The Morgan fingerprint density at radius 1 is 1.12 bits per heavy atom. The summed E-state index contributed by atoms with van der Waals surface area (Å²) in [5.74, 6) is 0.500. The van der Waals surface area contributed by atoms with Gasteiger partial charge in [0.2, 0.25) is 15.9 Å². The average molecular weight is 402 g/mol. The van der Waals surface area contributed by atoms with E-state index in [1.807, 2.05) is 17.0 Å². The van der Waals surface area contributed by atoms with E-state index in [2.05, 4.69) is 0 Å². The van der Waals surface area contributed by atoms with E-state index in [4.69, 9.17) is 5.73 Å². The van der Waals surface area contributed by atoms with Gasteiger partial charge in [0.05, 0.1) is 4.90 Å². The van der Waals surface area contributed by atoms with Crippen LogP contribution in [0, 0.1) is 5.92 Å². The normalized spacial score (nSPS) is 19.4. The molecule has 1 aromatic rings. The Kier molecular flexibility index (Phi) is 7.07. The van der Waals surface area contributed by atoms with Gasteiger partial charge in [-0.2, -0.15) is 4.31 Å². The summed E-state index contributed by atoms with van der Waals surface area (Å²) in [7, 11) is -3.46. The van der Waals surface area contributed by atoms with Crippen LogP contribution in [0.15, 0.2) is 23.1 Å². The molecule has 6 nitrogen and oxygen atoms in total. The minimum Gasteiger partial charge on any atom is -0.342 e. The molecular formula is C18H28ClN3O3S. The number of carbonyl (C=O) groups excluding carboxylic acids is 1. The first-order valence-electron chi connectivity index (χ1n) is 8.99. The summed E-state index contributed by atoms with van der Waals surface area (Å²) in [6, 6.07) is 5.44. The van der Waals surface area contributed by atoms with Crippen molar-refractivity contribution in [3.63, 3.8) is 0 Å². The highest BCUT2D eigenvalue weighted by Gasteiger charge is 2.29. The lowest BCUT2D eigenvalue weighted by molar-refractivity contribution is -0.128. The highest BCUT2D eigenvalue weighted by molar-refractivity contribution is 7.89. The second-order valence-electron chi connectivity index (χ2n) is 7.02. The van der Waals surface area contributed by atoms with Crippen LogP contribution in [-0.4, -0.2) is 56.3 Å². The fourth-order valence-corrected chi connectivity index (χ4v) is 5.23. The number of fused-ring (bicyclic) bond motifs is 1. The Morgan fingerprint density at radius 2 is 1.73 bits per heavy atom. The minimum atomic E-state index is -3.46. The van der Waals surface area contributed by atoms with Gasteiger partial charge in [0, 0.05) is 33.1 Å². The van der Waals surface area contributed by atoms with E-state index in [0.717, 1.165) is 30.4 Å². The Labute approximate surface area is 162 Å². The second-order valence-corrected chi connectivity index (χ2v) is 8.96. The molecular weight excluding hydrogens is 374 g/mol. The monoisotopic (exact) mass is 401 g/mol. The Balaban J connectivity index is 0.00000243. The van der Waals surface area contributed by atoms with Crippen LogP contribution in [0.2, 0.25) is 0 Å². The predicted octanol–water partition coefficient (Wildman–Crippen LogP) is 1.41. The molecule has 0 spiro atoms. The van der Waals surface area contributed by atoms with Gasteiger partial charge in [-0.1, -0.05) is 6.07 Å². The summed E-state index contributed by atoms with van der Waals surface area (Å²) in [5, 5.41) is 0. The van der Waals surface area contributed by atoms with Gasteiger partial charge in [-0.25, -0.2) is 8.42 Å². The number of hydrogen-bond acceptors (Lipinski definition) is 4. The van der Waals surface area contributed by atoms with Crippen molar-refractivity contribution in [2.45, 2.75) is 37.5 Å². The molecule has 2 aliphatic rings. The molecule has 0 unspecified atom stereocenters. The molecule has 0 saturated carbocycles. The summed E-state index contributed by atoms with van der Waals surface area (Å²) in [4.78, 5) is 13.8. The number of halogens is 1. The number of rotatable bonds is 3. The summed E-state index contributed by atoms with van der Waals surface area (Å²) in [6.45, 7) is 4.63. The first-order valence-corrected chi connectivity index (χ1v) is 10.4. The highest BCUT2D eigenvalue weighted by Crippen LogP contribution is 2.26. The van der Waals surface area contributed by atoms with Crippen LogP contribution in [0.4, 0.5) is 0 Å². The van der Waals surface area contributed by atoms with Crippen molar-refractivity contribution in [3.8, 4) is 0 Å². The van der Waals surface area contributed by atoms with E-state index in [1.54, 1.807) is 17.3 Å². The zero-order valence-electron chi connectivity index (χ0n) is 15.2. The van der Waals surface area contributed by atoms with Crippen molar-refractivity contribution in [3.05, 3.63) is 29.3 Å². The lowest BCUT2D eigenvalue weighted by Gasteiger charge is -2.30. The highest BCUT2D eigenvalue weighted by atomic mass is 35.5. The van der Waals surface area contributed by atoms with Crippen LogP contribution in [0.5, 0.6) is 0 Å². The third-order valence-electron chi connectivity index (χ3n) is 5.47. The predicted molar refractivity (Wildman–Crippen MR) is 104 cm³/mol. The molecule has 1 fully saturated rings. The summed E-state index contributed by atoms with van der Waals surface area (Å²) < 4.78 is 27.5. The van der Waals surface area contributed by atoms with E-state index in [1.165, 1.54) is 0 Å². The smallest absolute Gasteiger partial charge is 0.243 e. The molecule has 0 atom stereocenters. The maximum atomic E-state index is 13.0. The number of sulfonamides is 1. The maximum Gasteiger partial charge on any atom is 0.243 e. The summed E-state index contributed by atoms with van der Waals surface area (Å²) >= 11 is 0. The van der Waals surface area contributed by atoms with Crippen LogP contribution in [0.3, 0.4) is 0 Å². The molecule has 2 N–H and O–H groups in total. The van der Waals surface area contributed by atoms with Crippen molar-refractivity contribution in [2.24, 2.45) is 11.7 Å². The fraction of sp³-hybridized carbons (Fsp3) is 0.611. The molecule has 26 heavy (non-hydrogen) atoms. The van der Waals surface area contributed by atoms with Crippen molar-refractivity contribution < 1.29 is 13.2 Å². The number of hydrogen-bond donors (Lipinski definition) is 1. The van der Waals surface area contributed by atoms with Gasteiger partial charge >= 0.3 is 0 Å². The summed E-state index contributed by atoms with van der Waals surface area (Å²) in [5.41, 5.74) is 7.88. The first kappa shape index (κ1) is 21.2. The molecule has 2 aliphatic heterocycles. The van der Waals surface area contributed by atoms with E-state index in [-0.39, 0.29) is 18.3 Å². The fourth-order valence-electron chi connectivity index (χ4n) is 3.71. The van der Waals surface area contributed by atoms with Crippen molar-refractivity contribution in [2.75, 3.05) is 32.7 Å². The molecule has 1 saturated heterocycles. The Hall–Kier alpha value is -1.15. The molecule has 1 amide bonds. The third kappa shape index (κ3) is 4.39. The van der Waals surface area contributed by atoms with Crippen molar-refractivity contribution >= 4 is 28.3 Å². The lowest BCUT2D eigenvalue weighted by Crippen LogP contribution is -2.40. The number of nitrogens with zero attached hydrogens (tertiary/aromatic N) is 2. The van der Waals surface area contributed by atoms with Gasteiger partial charge in [0.25, 0.3) is 0 Å². The van der Waals surface area contributed by atoms with Gasteiger partial charge in [-0.15, -0.1) is 12.4 Å². The molecule has 0 bridgehead atoms. The molecule has 0 aliphatic carbocycles. The molecule has 8 heteroatoms. The number of piperidine rings is 1. The Morgan fingerprint density at radius 3 is 2.31 bits per heavy atom. The molecule has 1 aromatic carbocycles. The topological polar surface area (TPSA) is 83.7 Å². The molecule has 2 heterocycles. The van der Waals surface area contributed by atoms with Crippen molar-refractivity contribution in [1.82, 2.24) is 9.21 Å². The van der Waals surface area contributed by atoms with Crippen LogP contribution in [-0.2, 0) is 27.7 Å². The SMILES string of the molecule is CC(=O)N1CCc2ccc(S(=O)(=O)N3CCC(CN)CC3)cc2CC1.Cl.